The quantitative estimate of drug-likeness (QED) is 0.781. The monoisotopic (exact) mass is 285 g/mol. The fraction of sp³-hybridized carbons (Fsp3) is 0.312. The molecule has 0 saturated carbocycles. The van der Waals surface area contributed by atoms with E-state index in [2.05, 4.69) is 52.3 Å². The molecule has 2 heterocycles. The lowest BCUT2D eigenvalue weighted by Crippen LogP contribution is -2.00. The van der Waals surface area contributed by atoms with E-state index in [9.17, 15) is 0 Å². The van der Waals surface area contributed by atoms with Gasteiger partial charge in [-0.15, -0.1) is 11.3 Å². The molecule has 0 amide bonds. The molecule has 2 N–H and O–H groups in total. The number of rotatable bonds is 5. The molecule has 0 bridgehead atoms. The fourth-order valence-corrected chi connectivity index (χ4v) is 3.20. The number of nitrogens with zero attached hydrogens (tertiary/aromatic N) is 2. The van der Waals surface area contributed by atoms with E-state index in [4.69, 9.17) is 5.73 Å². The Labute approximate surface area is 123 Å². The summed E-state index contributed by atoms with van der Waals surface area (Å²) in [5, 5.41) is 4.61. The molecule has 0 fully saturated rings. The van der Waals surface area contributed by atoms with Crippen LogP contribution in [0.3, 0.4) is 0 Å². The standard InChI is InChI=1S/C16H19N3S/c1-12-18-14(11-20-12)10-19-9-13(5-4-8-17)15-6-2-3-7-16(15)19/h2-3,6-7,9,11H,4-5,8,10,17H2,1H3. The van der Waals surface area contributed by atoms with Gasteiger partial charge in [-0.25, -0.2) is 4.98 Å². The van der Waals surface area contributed by atoms with Crippen LogP contribution in [0.25, 0.3) is 10.9 Å². The van der Waals surface area contributed by atoms with Crippen LogP contribution >= 0.6 is 11.3 Å². The van der Waals surface area contributed by atoms with Gasteiger partial charge in [0.1, 0.15) is 0 Å². The third kappa shape index (κ3) is 2.62. The Hall–Kier alpha value is -1.65. The smallest absolute Gasteiger partial charge is 0.0898 e. The minimum Gasteiger partial charge on any atom is -0.341 e. The maximum absolute atomic E-state index is 5.64. The van der Waals surface area contributed by atoms with Crippen molar-refractivity contribution in [3.8, 4) is 0 Å². The molecular formula is C16H19N3S. The van der Waals surface area contributed by atoms with Gasteiger partial charge in [0.15, 0.2) is 0 Å². The van der Waals surface area contributed by atoms with Crippen molar-refractivity contribution >= 4 is 22.2 Å². The van der Waals surface area contributed by atoms with Crippen molar-refractivity contribution in [3.63, 3.8) is 0 Å². The Morgan fingerprint density at radius 1 is 1.30 bits per heavy atom. The molecule has 1 aromatic carbocycles. The van der Waals surface area contributed by atoms with Crippen LogP contribution in [0.15, 0.2) is 35.8 Å². The highest BCUT2D eigenvalue weighted by molar-refractivity contribution is 7.09. The molecule has 0 spiro atoms. The first-order chi connectivity index (χ1) is 9.78. The molecule has 3 aromatic rings. The molecule has 20 heavy (non-hydrogen) atoms. The van der Waals surface area contributed by atoms with E-state index >= 15 is 0 Å². The second kappa shape index (κ2) is 5.77. The molecule has 0 saturated heterocycles. The van der Waals surface area contributed by atoms with Crippen LogP contribution in [0.1, 0.15) is 22.7 Å². The number of hydrogen-bond donors (Lipinski definition) is 1. The van der Waals surface area contributed by atoms with E-state index in [0.29, 0.717) is 0 Å². The number of fused-ring (bicyclic) bond motifs is 1. The van der Waals surface area contributed by atoms with Gasteiger partial charge in [0.25, 0.3) is 0 Å². The van der Waals surface area contributed by atoms with Gasteiger partial charge in [0.05, 0.1) is 17.2 Å². The first-order valence-corrected chi connectivity index (χ1v) is 7.83. The van der Waals surface area contributed by atoms with Gasteiger partial charge in [-0.05, 0) is 37.9 Å². The average Bonchev–Trinajstić information content (AvgIpc) is 3.02. The molecule has 0 radical (unpaired) electrons. The molecule has 0 aliphatic rings. The summed E-state index contributed by atoms with van der Waals surface area (Å²) in [5.41, 5.74) is 9.45. The van der Waals surface area contributed by atoms with Gasteiger partial charge in [0, 0.05) is 22.5 Å². The van der Waals surface area contributed by atoms with E-state index in [-0.39, 0.29) is 0 Å². The van der Waals surface area contributed by atoms with Crippen molar-refractivity contribution in [1.82, 2.24) is 9.55 Å². The van der Waals surface area contributed by atoms with Crippen molar-refractivity contribution in [2.24, 2.45) is 5.73 Å². The van der Waals surface area contributed by atoms with E-state index in [1.54, 1.807) is 11.3 Å². The highest BCUT2D eigenvalue weighted by Crippen LogP contribution is 2.23. The predicted octanol–water partition coefficient (Wildman–Crippen LogP) is 3.35. The zero-order valence-electron chi connectivity index (χ0n) is 11.7. The second-order valence-corrected chi connectivity index (χ2v) is 6.11. The number of nitrogens with two attached hydrogens (primary N) is 1. The zero-order chi connectivity index (χ0) is 13.9. The summed E-state index contributed by atoms with van der Waals surface area (Å²) in [5.74, 6) is 0. The molecule has 0 aliphatic carbocycles. The van der Waals surface area contributed by atoms with Crippen molar-refractivity contribution in [2.45, 2.75) is 26.3 Å². The van der Waals surface area contributed by atoms with Gasteiger partial charge in [-0.2, -0.15) is 0 Å². The van der Waals surface area contributed by atoms with Crippen LogP contribution < -0.4 is 5.73 Å². The van der Waals surface area contributed by atoms with Gasteiger partial charge < -0.3 is 10.3 Å². The lowest BCUT2D eigenvalue weighted by Gasteiger charge is -2.02. The van der Waals surface area contributed by atoms with Crippen LogP contribution in [0.5, 0.6) is 0 Å². The first kappa shape index (κ1) is 13.3. The van der Waals surface area contributed by atoms with Gasteiger partial charge in [0.2, 0.25) is 0 Å². The summed E-state index contributed by atoms with van der Waals surface area (Å²) in [7, 11) is 0. The van der Waals surface area contributed by atoms with Crippen LogP contribution in [0, 0.1) is 6.92 Å². The molecule has 104 valence electrons. The summed E-state index contributed by atoms with van der Waals surface area (Å²) in [6.07, 6.45) is 4.33. The summed E-state index contributed by atoms with van der Waals surface area (Å²) >= 11 is 1.71. The zero-order valence-corrected chi connectivity index (χ0v) is 12.5. The molecule has 0 aliphatic heterocycles. The maximum atomic E-state index is 5.64. The van der Waals surface area contributed by atoms with Crippen LogP contribution in [-0.4, -0.2) is 16.1 Å². The summed E-state index contributed by atoms with van der Waals surface area (Å²) in [6, 6.07) is 8.58. The summed E-state index contributed by atoms with van der Waals surface area (Å²) in [4.78, 5) is 4.56. The number of hydrogen-bond acceptors (Lipinski definition) is 3. The molecule has 2 aromatic heterocycles. The van der Waals surface area contributed by atoms with Crippen molar-refractivity contribution in [2.75, 3.05) is 6.54 Å². The molecule has 0 atom stereocenters. The molecule has 0 unspecified atom stereocenters. The second-order valence-electron chi connectivity index (χ2n) is 5.05. The Bertz CT molecular complexity index is 711. The van der Waals surface area contributed by atoms with E-state index in [0.717, 1.165) is 36.6 Å². The third-order valence-corrected chi connectivity index (χ3v) is 4.34. The Morgan fingerprint density at radius 2 is 2.15 bits per heavy atom. The van der Waals surface area contributed by atoms with Crippen LogP contribution in [-0.2, 0) is 13.0 Å². The lowest BCUT2D eigenvalue weighted by molar-refractivity contribution is 0.792. The number of benzene rings is 1. The van der Waals surface area contributed by atoms with Crippen molar-refractivity contribution < 1.29 is 0 Å². The van der Waals surface area contributed by atoms with Crippen molar-refractivity contribution in [1.29, 1.82) is 0 Å². The van der Waals surface area contributed by atoms with E-state index in [1.165, 1.54) is 16.5 Å². The first-order valence-electron chi connectivity index (χ1n) is 6.96. The predicted molar refractivity (Wildman–Crippen MR) is 85.3 cm³/mol. The largest absolute Gasteiger partial charge is 0.341 e. The van der Waals surface area contributed by atoms with Gasteiger partial charge in [-0.1, -0.05) is 18.2 Å². The maximum Gasteiger partial charge on any atom is 0.0898 e. The molecule has 3 nitrogen and oxygen atoms in total. The van der Waals surface area contributed by atoms with Crippen molar-refractivity contribution in [3.05, 3.63) is 52.1 Å². The number of aryl methyl sites for hydroxylation is 2. The van der Waals surface area contributed by atoms with Crippen LogP contribution in [0.2, 0.25) is 0 Å². The SMILES string of the molecule is Cc1nc(Cn2cc(CCCN)c3ccccc32)cs1. The lowest BCUT2D eigenvalue weighted by atomic mass is 10.1. The minimum absolute atomic E-state index is 0.741. The average molecular weight is 285 g/mol. The fourth-order valence-electron chi connectivity index (χ4n) is 2.60. The molecule has 4 heteroatoms. The van der Waals surface area contributed by atoms with Gasteiger partial charge >= 0.3 is 0 Å². The Balaban J connectivity index is 1.97. The van der Waals surface area contributed by atoms with Crippen LogP contribution in [0.4, 0.5) is 0 Å². The highest BCUT2D eigenvalue weighted by Gasteiger charge is 2.09. The minimum atomic E-state index is 0.741. The molecule has 3 rings (SSSR count). The number of para-hydroxylation sites is 1. The Kier molecular flexibility index (Phi) is 3.85. The Morgan fingerprint density at radius 3 is 2.90 bits per heavy atom. The van der Waals surface area contributed by atoms with E-state index < -0.39 is 0 Å². The third-order valence-electron chi connectivity index (χ3n) is 3.52. The molecular weight excluding hydrogens is 266 g/mol. The topological polar surface area (TPSA) is 43.8 Å². The number of thiazole rings is 1. The normalized spacial score (nSPS) is 11.3. The highest BCUT2D eigenvalue weighted by atomic mass is 32.1. The summed E-state index contributed by atoms with van der Waals surface area (Å²) < 4.78 is 2.30. The summed E-state index contributed by atoms with van der Waals surface area (Å²) in [6.45, 7) is 3.63. The van der Waals surface area contributed by atoms with E-state index in [1.807, 2.05) is 0 Å². The number of aromatic nitrogens is 2. The van der Waals surface area contributed by atoms with Gasteiger partial charge in [-0.3, -0.25) is 0 Å².